The molecule has 1 aromatic rings. The molecule has 4 nitrogen and oxygen atoms in total. The molecule has 0 aromatic carbocycles. The number of nitrogens with one attached hydrogen (secondary N) is 1. The molecule has 0 atom stereocenters. The van der Waals surface area contributed by atoms with Crippen molar-refractivity contribution in [3.8, 4) is 5.75 Å². The summed E-state index contributed by atoms with van der Waals surface area (Å²) in [6.07, 6.45) is 3.80. The highest BCUT2D eigenvalue weighted by molar-refractivity contribution is 5.29. The fraction of sp³-hybridized carbons (Fsp3) is 0.688. The van der Waals surface area contributed by atoms with E-state index in [1.165, 1.54) is 25.9 Å². The minimum atomic E-state index is 0.755. The van der Waals surface area contributed by atoms with Gasteiger partial charge in [0.25, 0.3) is 0 Å². The molecule has 0 unspecified atom stereocenters. The molecule has 0 saturated carbocycles. The summed E-state index contributed by atoms with van der Waals surface area (Å²) in [6, 6.07) is 4.07. The molecule has 1 N–H and O–H groups in total. The molecule has 20 heavy (non-hydrogen) atoms. The van der Waals surface area contributed by atoms with Crippen LogP contribution in [0.25, 0.3) is 0 Å². The van der Waals surface area contributed by atoms with Crippen LogP contribution in [0, 0.1) is 6.92 Å². The van der Waals surface area contributed by atoms with E-state index in [1.807, 2.05) is 13.0 Å². The molecule has 0 spiro atoms. The van der Waals surface area contributed by atoms with Crippen molar-refractivity contribution in [3.05, 3.63) is 23.5 Å². The molecule has 2 rings (SSSR count). The normalized spacial score (nSPS) is 15.7. The van der Waals surface area contributed by atoms with Gasteiger partial charge < -0.3 is 10.1 Å². The van der Waals surface area contributed by atoms with Crippen molar-refractivity contribution in [2.75, 3.05) is 32.8 Å². The summed E-state index contributed by atoms with van der Waals surface area (Å²) in [7, 11) is 0. The molecule has 0 radical (unpaired) electrons. The van der Waals surface area contributed by atoms with Gasteiger partial charge in [0.15, 0.2) is 0 Å². The summed E-state index contributed by atoms with van der Waals surface area (Å²) in [5.41, 5.74) is 2.07. The highest BCUT2D eigenvalue weighted by Gasteiger charge is 2.12. The molecule has 1 saturated heterocycles. The summed E-state index contributed by atoms with van der Waals surface area (Å²) in [6.45, 7) is 10.2. The van der Waals surface area contributed by atoms with Crippen LogP contribution in [-0.4, -0.2) is 42.7 Å². The van der Waals surface area contributed by atoms with Crippen LogP contribution in [0.5, 0.6) is 5.75 Å². The van der Waals surface area contributed by atoms with Crippen LogP contribution < -0.4 is 10.1 Å². The van der Waals surface area contributed by atoms with Gasteiger partial charge in [-0.1, -0.05) is 6.92 Å². The topological polar surface area (TPSA) is 37.4 Å². The standard InChI is InChI=1S/C16H27N3O/c1-3-8-17-13-15-16(7-6-14(2)18-15)20-12-11-19-9-4-5-10-19/h6-7,17H,3-5,8-13H2,1-2H3. The van der Waals surface area contributed by atoms with E-state index in [1.54, 1.807) is 0 Å². The van der Waals surface area contributed by atoms with Crippen molar-refractivity contribution >= 4 is 0 Å². The smallest absolute Gasteiger partial charge is 0.142 e. The minimum Gasteiger partial charge on any atom is -0.490 e. The number of ether oxygens (including phenoxy) is 1. The first-order valence-corrected chi connectivity index (χ1v) is 7.82. The van der Waals surface area contributed by atoms with E-state index >= 15 is 0 Å². The van der Waals surface area contributed by atoms with Crippen LogP contribution in [-0.2, 0) is 6.54 Å². The second-order valence-corrected chi connectivity index (χ2v) is 5.47. The Balaban J connectivity index is 1.84. The van der Waals surface area contributed by atoms with Crippen molar-refractivity contribution in [1.29, 1.82) is 0 Å². The predicted octanol–water partition coefficient (Wildman–Crippen LogP) is 2.36. The van der Waals surface area contributed by atoms with Gasteiger partial charge in [0, 0.05) is 18.8 Å². The van der Waals surface area contributed by atoms with Crippen molar-refractivity contribution in [1.82, 2.24) is 15.2 Å². The second-order valence-electron chi connectivity index (χ2n) is 5.47. The zero-order valence-electron chi connectivity index (χ0n) is 12.8. The average molecular weight is 277 g/mol. The minimum absolute atomic E-state index is 0.755. The third kappa shape index (κ3) is 4.76. The molecule has 112 valence electrons. The van der Waals surface area contributed by atoms with Gasteiger partial charge in [0.1, 0.15) is 12.4 Å². The van der Waals surface area contributed by atoms with E-state index in [2.05, 4.69) is 28.2 Å². The first kappa shape index (κ1) is 15.3. The largest absolute Gasteiger partial charge is 0.490 e. The maximum atomic E-state index is 5.94. The van der Waals surface area contributed by atoms with Crippen LogP contribution in [0.15, 0.2) is 12.1 Å². The molecule has 0 amide bonds. The van der Waals surface area contributed by atoms with Gasteiger partial charge in [-0.15, -0.1) is 0 Å². The molecule has 0 aliphatic carbocycles. The number of pyridine rings is 1. The Bertz CT molecular complexity index is 403. The monoisotopic (exact) mass is 277 g/mol. The van der Waals surface area contributed by atoms with Gasteiger partial charge >= 0.3 is 0 Å². The lowest BCUT2D eigenvalue weighted by molar-refractivity contribution is 0.235. The molecule has 2 heterocycles. The average Bonchev–Trinajstić information content (AvgIpc) is 2.95. The fourth-order valence-corrected chi connectivity index (χ4v) is 2.53. The quantitative estimate of drug-likeness (QED) is 0.740. The van der Waals surface area contributed by atoms with E-state index in [0.717, 1.165) is 49.8 Å². The number of nitrogens with zero attached hydrogens (tertiary/aromatic N) is 2. The Labute approximate surface area is 122 Å². The van der Waals surface area contributed by atoms with Crippen molar-refractivity contribution in [3.63, 3.8) is 0 Å². The van der Waals surface area contributed by atoms with Crippen LogP contribution in [0.3, 0.4) is 0 Å². The molecule has 1 aliphatic heterocycles. The molecule has 1 fully saturated rings. The van der Waals surface area contributed by atoms with Crippen LogP contribution in [0.2, 0.25) is 0 Å². The predicted molar refractivity (Wildman–Crippen MR) is 82.1 cm³/mol. The first-order valence-electron chi connectivity index (χ1n) is 7.82. The Hall–Kier alpha value is -1.13. The zero-order valence-corrected chi connectivity index (χ0v) is 12.8. The number of hydrogen-bond donors (Lipinski definition) is 1. The molecule has 4 heteroatoms. The lowest BCUT2D eigenvalue weighted by Gasteiger charge is -2.16. The van der Waals surface area contributed by atoms with E-state index < -0.39 is 0 Å². The van der Waals surface area contributed by atoms with Crippen molar-refractivity contribution in [2.24, 2.45) is 0 Å². The Morgan fingerprint density at radius 3 is 2.85 bits per heavy atom. The first-order chi connectivity index (χ1) is 9.79. The summed E-state index contributed by atoms with van der Waals surface area (Å²) in [5.74, 6) is 0.929. The lowest BCUT2D eigenvalue weighted by atomic mass is 10.2. The molecular formula is C16H27N3O. The van der Waals surface area contributed by atoms with Gasteiger partial charge in [0.05, 0.1) is 5.69 Å². The number of rotatable bonds is 8. The van der Waals surface area contributed by atoms with E-state index in [-0.39, 0.29) is 0 Å². The highest BCUT2D eigenvalue weighted by atomic mass is 16.5. The molecule has 1 aromatic heterocycles. The SMILES string of the molecule is CCCNCc1nc(C)ccc1OCCN1CCCC1. The summed E-state index contributed by atoms with van der Waals surface area (Å²) >= 11 is 0. The molecule has 0 bridgehead atoms. The fourth-order valence-electron chi connectivity index (χ4n) is 2.53. The highest BCUT2D eigenvalue weighted by Crippen LogP contribution is 2.17. The Kier molecular flexibility index (Phi) is 6.27. The summed E-state index contributed by atoms with van der Waals surface area (Å²) < 4.78 is 5.94. The van der Waals surface area contributed by atoms with Crippen LogP contribution >= 0.6 is 0 Å². The van der Waals surface area contributed by atoms with Crippen molar-refractivity contribution in [2.45, 2.75) is 39.7 Å². The Morgan fingerprint density at radius 2 is 2.10 bits per heavy atom. The third-order valence-electron chi connectivity index (χ3n) is 3.65. The Morgan fingerprint density at radius 1 is 1.30 bits per heavy atom. The lowest BCUT2D eigenvalue weighted by Crippen LogP contribution is -2.25. The molecular weight excluding hydrogens is 250 g/mol. The molecule has 1 aliphatic rings. The van der Waals surface area contributed by atoms with Gasteiger partial charge in [-0.25, -0.2) is 0 Å². The van der Waals surface area contributed by atoms with E-state index in [9.17, 15) is 0 Å². The number of aromatic nitrogens is 1. The van der Waals surface area contributed by atoms with Gasteiger partial charge in [-0.05, 0) is 58.0 Å². The van der Waals surface area contributed by atoms with Crippen LogP contribution in [0.1, 0.15) is 37.6 Å². The van der Waals surface area contributed by atoms with Gasteiger partial charge in [-0.3, -0.25) is 9.88 Å². The van der Waals surface area contributed by atoms with Crippen molar-refractivity contribution < 1.29 is 4.74 Å². The maximum absolute atomic E-state index is 5.94. The number of aryl methyl sites for hydroxylation is 1. The van der Waals surface area contributed by atoms with E-state index in [4.69, 9.17) is 4.74 Å². The van der Waals surface area contributed by atoms with Crippen LogP contribution in [0.4, 0.5) is 0 Å². The second kappa shape index (κ2) is 8.22. The number of likely N-dealkylation sites (tertiary alicyclic amines) is 1. The summed E-state index contributed by atoms with van der Waals surface area (Å²) in [5, 5.41) is 3.40. The summed E-state index contributed by atoms with van der Waals surface area (Å²) in [4.78, 5) is 7.06. The third-order valence-corrected chi connectivity index (χ3v) is 3.65. The van der Waals surface area contributed by atoms with Gasteiger partial charge in [0.2, 0.25) is 0 Å². The van der Waals surface area contributed by atoms with Gasteiger partial charge in [-0.2, -0.15) is 0 Å². The zero-order chi connectivity index (χ0) is 14.2. The number of hydrogen-bond acceptors (Lipinski definition) is 4. The maximum Gasteiger partial charge on any atom is 0.142 e. The van der Waals surface area contributed by atoms with E-state index in [0.29, 0.717) is 0 Å².